The number of nitrogens with one attached hydrogen (secondary N) is 1. The Morgan fingerprint density at radius 2 is 2.32 bits per heavy atom. The number of rotatable bonds is 2. The summed E-state index contributed by atoms with van der Waals surface area (Å²) in [7, 11) is 0. The van der Waals surface area contributed by atoms with Crippen LogP contribution in [0.1, 0.15) is 21.1 Å². The summed E-state index contributed by atoms with van der Waals surface area (Å²) in [5.41, 5.74) is 6.29. The summed E-state index contributed by atoms with van der Waals surface area (Å²) >= 11 is 1.31. The molecule has 3 N–H and O–H groups in total. The van der Waals surface area contributed by atoms with Crippen molar-refractivity contribution in [2.24, 2.45) is 5.73 Å². The molecule has 0 aliphatic rings. The third-order valence-corrected chi connectivity index (χ3v) is 2.83. The molecule has 2 heterocycles. The molecule has 2 aromatic heterocycles. The maximum absolute atomic E-state index is 11.9. The van der Waals surface area contributed by atoms with Gasteiger partial charge in [-0.05, 0) is 19.1 Å². The van der Waals surface area contributed by atoms with E-state index in [0.29, 0.717) is 22.9 Å². The quantitative estimate of drug-likeness (QED) is 0.789. The van der Waals surface area contributed by atoms with E-state index in [2.05, 4.69) is 32.3 Å². The van der Waals surface area contributed by atoms with Gasteiger partial charge in [0.1, 0.15) is 10.7 Å². The lowest BCUT2D eigenvalue weighted by Crippen LogP contribution is -2.13. The highest BCUT2D eigenvalue weighted by molar-refractivity contribution is 7.15. The lowest BCUT2D eigenvalue weighted by molar-refractivity contribution is 0.102. The van der Waals surface area contributed by atoms with Gasteiger partial charge in [0.05, 0.1) is 6.54 Å². The first kappa shape index (κ1) is 13.1. The molecule has 0 saturated carbocycles. The van der Waals surface area contributed by atoms with Crippen molar-refractivity contribution >= 4 is 22.4 Å². The highest BCUT2D eigenvalue weighted by Crippen LogP contribution is 2.14. The first-order valence-corrected chi connectivity index (χ1v) is 6.27. The zero-order valence-corrected chi connectivity index (χ0v) is 11.0. The maximum Gasteiger partial charge on any atom is 0.276 e. The van der Waals surface area contributed by atoms with Crippen LogP contribution in [0.5, 0.6) is 0 Å². The van der Waals surface area contributed by atoms with Gasteiger partial charge in [-0.3, -0.25) is 10.1 Å². The average Bonchev–Trinajstić information content (AvgIpc) is 2.82. The van der Waals surface area contributed by atoms with Crippen LogP contribution in [-0.4, -0.2) is 27.6 Å². The van der Waals surface area contributed by atoms with E-state index in [9.17, 15) is 4.79 Å². The molecule has 7 heteroatoms. The van der Waals surface area contributed by atoms with Crippen LogP contribution in [0.15, 0.2) is 18.3 Å². The fourth-order valence-electron chi connectivity index (χ4n) is 1.26. The second kappa shape index (κ2) is 6.04. The number of amides is 1. The Balaban J connectivity index is 2.07. The van der Waals surface area contributed by atoms with E-state index in [-0.39, 0.29) is 5.91 Å². The van der Waals surface area contributed by atoms with Crippen LogP contribution in [0, 0.1) is 18.8 Å². The fourth-order valence-corrected chi connectivity index (χ4v) is 1.85. The monoisotopic (exact) mass is 273 g/mol. The molecule has 96 valence electrons. The van der Waals surface area contributed by atoms with E-state index in [1.165, 1.54) is 17.5 Å². The second-order valence-electron chi connectivity index (χ2n) is 3.52. The van der Waals surface area contributed by atoms with Crippen LogP contribution in [0.3, 0.4) is 0 Å². The molecular weight excluding hydrogens is 262 g/mol. The maximum atomic E-state index is 11.9. The van der Waals surface area contributed by atoms with Gasteiger partial charge in [-0.2, -0.15) is 0 Å². The van der Waals surface area contributed by atoms with Crippen LogP contribution in [0.4, 0.5) is 5.13 Å². The lowest BCUT2D eigenvalue weighted by Gasteiger charge is -1.99. The summed E-state index contributed by atoms with van der Waals surface area (Å²) in [4.78, 5) is 15.9. The molecule has 19 heavy (non-hydrogen) atoms. The molecule has 2 aromatic rings. The smallest absolute Gasteiger partial charge is 0.276 e. The van der Waals surface area contributed by atoms with Crippen LogP contribution < -0.4 is 11.1 Å². The van der Waals surface area contributed by atoms with Gasteiger partial charge in [-0.15, -0.1) is 10.2 Å². The molecule has 0 bridgehead atoms. The van der Waals surface area contributed by atoms with E-state index in [0.717, 1.165) is 5.01 Å². The molecule has 0 saturated heterocycles. The minimum atomic E-state index is -0.325. The predicted molar refractivity (Wildman–Crippen MR) is 72.8 cm³/mol. The lowest BCUT2D eigenvalue weighted by atomic mass is 10.2. The molecule has 0 aliphatic heterocycles. The number of nitrogens with zero attached hydrogens (tertiary/aromatic N) is 3. The van der Waals surface area contributed by atoms with Gasteiger partial charge in [0.25, 0.3) is 5.91 Å². The Kier molecular flexibility index (Phi) is 4.18. The van der Waals surface area contributed by atoms with E-state index in [1.807, 2.05) is 6.92 Å². The summed E-state index contributed by atoms with van der Waals surface area (Å²) < 4.78 is 0. The summed E-state index contributed by atoms with van der Waals surface area (Å²) in [6, 6.07) is 3.32. The van der Waals surface area contributed by atoms with E-state index in [1.54, 1.807) is 12.1 Å². The molecule has 0 atom stereocenters. The standard InChI is InChI=1S/C12H11N5OS/c1-8-16-17-12(19-8)15-11(18)10-5-4-9(7-14-10)3-2-6-13/h4-5,7H,6,13H2,1H3,(H,15,17,18). The van der Waals surface area contributed by atoms with E-state index in [4.69, 9.17) is 5.73 Å². The van der Waals surface area contributed by atoms with Gasteiger partial charge in [-0.1, -0.05) is 23.2 Å². The number of carbonyl (C=O) groups is 1. The van der Waals surface area contributed by atoms with Crippen LogP contribution in [-0.2, 0) is 0 Å². The number of aryl methyl sites for hydroxylation is 1. The third-order valence-electron chi connectivity index (χ3n) is 2.08. The number of aromatic nitrogens is 3. The van der Waals surface area contributed by atoms with Crippen molar-refractivity contribution in [1.29, 1.82) is 0 Å². The Bertz CT molecular complexity index is 638. The van der Waals surface area contributed by atoms with Crippen molar-refractivity contribution in [1.82, 2.24) is 15.2 Å². The molecule has 0 aliphatic carbocycles. The Morgan fingerprint density at radius 1 is 1.47 bits per heavy atom. The number of nitrogens with two attached hydrogens (primary N) is 1. The van der Waals surface area contributed by atoms with Gasteiger partial charge < -0.3 is 5.73 Å². The Hall–Kier alpha value is -2.30. The Labute approximate surface area is 114 Å². The van der Waals surface area contributed by atoms with Crippen molar-refractivity contribution in [3.05, 3.63) is 34.6 Å². The second-order valence-corrected chi connectivity index (χ2v) is 4.70. The first-order valence-electron chi connectivity index (χ1n) is 5.45. The minimum absolute atomic E-state index is 0.290. The van der Waals surface area contributed by atoms with Crippen molar-refractivity contribution in [2.45, 2.75) is 6.92 Å². The van der Waals surface area contributed by atoms with Crippen molar-refractivity contribution < 1.29 is 4.79 Å². The molecule has 1 amide bonds. The molecule has 0 unspecified atom stereocenters. The molecular formula is C12H11N5OS. The van der Waals surface area contributed by atoms with E-state index < -0.39 is 0 Å². The van der Waals surface area contributed by atoms with Crippen LogP contribution in [0.25, 0.3) is 0 Å². The minimum Gasteiger partial charge on any atom is -0.320 e. The van der Waals surface area contributed by atoms with Gasteiger partial charge in [0, 0.05) is 11.8 Å². The van der Waals surface area contributed by atoms with Gasteiger partial charge >= 0.3 is 0 Å². The largest absolute Gasteiger partial charge is 0.320 e. The van der Waals surface area contributed by atoms with Crippen molar-refractivity contribution in [2.75, 3.05) is 11.9 Å². The summed E-state index contributed by atoms with van der Waals surface area (Å²) in [5.74, 6) is 5.23. The van der Waals surface area contributed by atoms with Crippen LogP contribution in [0.2, 0.25) is 0 Å². The van der Waals surface area contributed by atoms with Gasteiger partial charge in [0.15, 0.2) is 0 Å². The molecule has 0 aromatic carbocycles. The zero-order valence-electron chi connectivity index (χ0n) is 10.2. The molecule has 0 fully saturated rings. The van der Waals surface area contributed by atoms with Crippen LogP contribution >= 0.6 is 11.3 Å². The summed E-state index contributed by atoms with van der Waals surface area (Å²) in [6.07, 6.45) is 1.53. The number of hydrogen-bond acceptors (Lipinski definition) is 6. The van der Waals surface area contributed by atoms with Crippen molar-refractivity contribution in [3.63, 3.8) is 0 Å². The SMILES string of the molecule is Cc1nnc(NC(=O)c2ccc(C#CCN)cn2)s1. The van der Waals surface area contributed by atoms with Gasteiger partial charge in [-0.25, -0.2) is 4.98 Å². The number of pyridine rings is 1. The average molecular weight is 273 g/mol. The van der Waals surface area contributed by atoms with E-state index >= 15 is 0 Å². The Morgan fingerprint density at radius 3 is 2.89 bits per heavy atom. The molecule has 0 radical (unpaired) electrons. The number of hydrogen-bond donors (Lipinski definition) is 2. The summed E-state index contributed by atoms with van der Waals surface area (Å²) in [5, 5.41) is 11.5. The first-order chi connectivity index (χ1) is 9.19. The zero-order chi connectivity index (χ0) is 13.7. The topological polar surface area (TPSA) is 93.8 Å². The highest BCUT2D eigenvalue weighted by Gasteiger charge is 2.09. The predicted octanol–water partition coefficient (Wildman–Crippen LogP) is 0.804. The number of carbonyl (C=O) groups excluding carboxylic acids is 1. The molecule has 6 nitrogen and oxygen atoms in total. The third kappa shape index (κ3) is 3.58. The van der Waals surface area contributed by atoms with Gasteiger partial charge in [0.2, 0.25) is 5.13 Å². The van der Waals surface area contributed by atoms with Crippen molar-refractivity contribution in [3.8, 4) is 11.8 Å². The fraction of sp³-hybridized carbons (Fsp3) is 0.167. The molecule has 2 rings (SSSR count). The highest BCUT2D eigenvalue weighted by atomic mass is 32.1. The number of anilines is 1. The molecule has 0 spiro atoms. The summed E-state index contributed by atoms with van der Waals surface area (Å²) in [6.45, 7) is 2.11. The normalized spacial score (nSPS) is 9.58.